The Morgan fingerprint density at radius 2 is 2.46 bits per heavy atom. The molecule has 1 nitrogen and oxygen atoms in total. The van der Waals surface area contributed by atoms with E-state index in [0.717, 1.165) is 12.5 Å². The lowest BCUT2D eigenvalue weighted by atomic mass is 9.89. The highest BCUT2D eigenvalue weighted by molar-refractivity contribution is 8.22. The second-order valence-corrected chi connectivity index (χ2v) is 5.66. The van der Waals surface area contributed by atoms with E-state index in [1.165, 1.54) is 43.9 Å². The highest BCUT2D eigenvalue weighted by Crippen LogP contribution is 2.61. The van der Waals surface area contributed by atoms with Crippen LogP contribution in [-0.4, -0.2) is 17.2 Å². The predicted molar refractivity (Wildman–Crippen MR) is 61.1 cm³/mol. The Balaban J connectivity index is 1.79. The van der Waals surface area contributed by atoms with Gasteiger partial charge < -0.3 is 4.74 Å². The van der Waals surface area contributed by atoms with Gasteiger partial charge in [0.2, 0.25) is 4.38 Å². The van der Waals surface area contributed by atoms with E-state index in [-0.39, 0.29) is 0 Å². The van der Waals surface area contributed by atoms with Gasteiger partial charge in [0.05, 0.1) is 6.61 Å². The second kappa shape index (κ2) is 3.77. The Morgan fingerprint density at radius 1 is 1.62 bits per heavy atom. The summed E-state index contributed by atoms with van der Waals surface area (Å²) in [5, 5.41) is 0. The highest BCUT2D eigenvalue weighted by atomic mass is 32.2. The van der Waals surface area contributed by atoms with Gasteiger partial charge >= 0.3 is 0 Å². The molecule has 0 aromatic carbocycles. The van der Waals surface area contributed by atoms with Crippen molar-refractivity contribution in [1.82, 2.24) is 0 Å². The molecule has 0 radical (unpaired) electrons. The van der Waals surface area contributed by atoms with Crippen LogP contribution < -0.4 is 0 Å². The number of thiocarbonyl (C=S) groups is 1. The van der Waals surface area contributed by atoms with Gasteiger partial charge in [0.1, 0.15) is 0 Å². The van der Waals surface area contributed by atoms with Crippen LogP contribution >= 0.6 is 24.0 Å². The summed E-state index contributed by atoms with van der Waals surface area (Å²) in [4.78, 5) is 0. The number of ether oxygens (including phenoxy) is 1. The summed E-state index contributed by atoms with van der Waals surface area (Å²) in [5.74, 6) is 0.964. The van der Waals surface area contributed by atoms with Gasteiger partial charge in [-0.05, 0) is 43.7 Å². The van der Waals surface area contributed by atoms with Gasteiger partial charge in [-0.25, -0.2) is 0 Å². The van der Waals surface area contributed by atoms with Crippen LogP contribution in [0.2, 0.25) is 0 Å². The fourth-order valence-corrected chi connectivity index (χ4v) is 2.76. The van der Waals surface area contributed by atoms with Crippen LogP contribution in [0.25, 0.3) is 0 Å². The van der Waals surface area contributed by atoms with Crippen LogP contribution in [0.1, 0.15) is 32.1 Å². The van der Waals surface area contributed by atoms with Crippen LogP contribution in [0.5, 0.6) is 0 Å². The quantitative estimate of drug-likeness (QED) is 0.656. The second-order valence-electron chi connectivity index (χ2n) is 4.25. The Morgan fingerprint density at radius 3 is 3.15 bits per heavy atom. The molecule has 0 saturated heterocycles. The first kappa shape index (κ1) is 9.78. The van der Waals surface area contributed by atoms with Crippen molar-refractivity contribution < 1.29 is 4.74 Å². The third-order valence-electron chi connectivity index (χ3n) is 3.48. The van der Waals surface area contributed by atoms with E-state index < -0.39 is 0 Å². The average Bonchev–Trinajstić information content (AvgIpc) is 2.89. The minimum Gasteiger partial charge on any atom is -0.478 e. The summed E-state index contributed by atoms with van der Waals surface area (Å²) in [6.45, 7) is 0.886. The van der Waals surface area contributed by atoms with Gasteiger partial charge in [-0.2, -0.15) is 0 Å². The molecule has 0 heterocycles. The van der Waals surface area contributed by atoms with Crippen LogP contribution in [0, 0.1) is 11.3 Å². The molecule has 74 valence electrons. The molecule has 3 heteroatoms. The molecule has 0 aromatic rings. The molecule has 2 aliphatic carbocycles. The third-order valence-corrected chi connectivity index (χ3v) is 4.55. The van der Waals surface area contributed by atoms with Gasteiger partial charge in [-0.3, -0.25) is 0 Å². The molecule has 2 saturated carbocycles. The maximum Gasteiger partial charge on any atom is 0.219 e. The van der Waals surface area contributed by atoms with Crippen LogP contribution in [0.15, 0.2) is 0 Å². The normalized spacial score (nSPS) is 36.5. The zero-order valence-electron chi connectivity index (χ0n) is 8.04. The van der Waals surface area contributed by atoms with Gasteiger partial charge in [-0.1, -0.05) is 24.6 Å². The fourth-order valence-electron chi connectivity index (χ4n) is 2.52. The van der Waals surface area contributed by atoms with Gasteiger partial charge in [0.15, 0.2) is 0 Å². The van der Waals surface area contributed by atoms with E-state index >= 15 is 0 Å². The molecule has 2 atom stereocenters. The molecule has 2 fully saturated rings. The largest absolute Gasteiger partial charge is 0.478 e. The molecule has 0 amide bonds. The third kappa shape index (κ3) is 2.01. The standard InChI is InChI=1S/C10H16OS2/c1-13-9(12)11-7-10-5-3-2-4-8(10)6-10/h8H,2-7H2,1H3. The van der Waals surface area contributed by atoms with Crippen molar-refractivity contribution in [3.8, 4) is 0 Å². The van der Waals surface area contributed by atoms with E-state index in [1.807, 2.05) is 6.26 Å². The van der Waals surface area contributed by atoms with E-state index in [0.29, 0.717) is 9.80 Å². The maximum atomic E-state index is 5.57. The first-order chi connectivity index (χ1) is 6.27. The van der Waals surface area contributed by atoms with Crippen molar-refractivity contribution in [2.45, 2.75) is 32.1 Å². The molecular weight excluding hydrogens is 200 g/mol. The monoisotopic (exact) mass is 216 g/mol. The Hall–Kier alpha value is 0.240. The molecular formula is C10H16OS2. The minimum atomic E-state index is 0.554. The molecule has 0 aromatic heterocycles. The van der Waals surface area contributed by atoms with Crippen molar-refractivity contribution >= 4 is 28.4 Å². The summed E-state index contributed by atoms with van der Waals surface area (Å²) >= 11 is 6.57. The van der Waals surface area contributed by atoms with Gasteiger partial charge in [0.25, 0.3) is 0 Å². The predicted octanol–water partition coefficient (Wildman–Crippen LogP) is 3.23. The van der Waals surface area contributed by atoms with Crippen molar-refractivity contribution in [3.63, 3.8) is 0 Å². The van der Waals surface area contributed by atoms with Crippen LogP contribution in [-0.2, 0) is 4.74 Å². The summed E-state index contributed by atoms with van der Waals surface area (Å²) in [7, 11) is 0. The molecule has 0 N–H and O–H groups in total. The van der Waals surface area contributed by atoms with Crippen LogP contribution in [0.3, 0.4) is 0 Å². The molecule has 0 bridgehead atoms. The molecule has 13 heavy (non-hydrogen) atoms. The molecule has 2 unspecified atom stereocenters. The smallest absolute Gasteiger partial charge is 0.219 e. The number of hydrogen-bond acceptors (Lipinski definition) is 3. The Labute approximate surface area is 89.6 Å². The highest BCUT2D eigenvalue weighted by Gasteiger charge is 2.55. The Bertz CT molecular complexity index is 217. The maximum absolute atomic E-state index is 5.57. The fraction of sp³-hybridized carbons (Fsp3) is 0.900. The van der Waals surface area contributed by atoms with Crippen molar-refractivity contribution in [2.75, 3.05) is 12.9 Å². The summed E-state index contributed by atoms with van der Waals surface area (Å²) in [6.07, 6.45) is 8.99. The number of hydrogen-bond donors (Lipinski definition) is 0. The van der Waals surface area contributed by atoms with E-state index in [9.17, 15) is 0 Å². The van der Waals surface area contributed by atoms with Gasteiger partial charge in [-0.15, -0.1) is 0 Å². The molecule has 2 aliphatic rings. The summed E-state index contributed by atoms with van der Waals surface area (Å²) in [6, 6.07) is 0. The SMILES string of the molecule is CSC(=S)OCC12CCCCC1C2. The molecule has 0 aliphatic heterocycles. The lowest BCUT2D eigenvalue weighted by molar-refractivity contribution is 0.189. The lowest BCUT2D eigenvalue weighted by Crippen LogP contribution is -2.17. The van der Waals surface area contributed by atoms with Crippen molar-refractivity contribution in [2.24, 2.45) is 11.3 Å². The first-order valence-electron chi connectivity index (χ1n) is 4.98. The van der Waals surface area contributed by atoms with Crippen molar-refractivity contribution in [1.29, 1.82) is 0 Å². The first-order valence-corrected chi connectivity index (χ1v) is 6.61. The van der Waals surface area contributed by atoms with Gasteiger partial charge in [0, 0.05) is 5.41 Å². The average molecular weight is 216 g/mol. The van der Waals surface area contributed by atoms with Crippen molar-refractivity contribution in [3.05, 3.63) is 0 Å². The summed E-state index contributed by atoms with van der Waals surface area (Å²) < 4.78 is 6.28. The zero-order chi connectivity index (χ0) is 9.31. The molecule has 2 rings (SSSR count). The summed E-state index contributed by atoms with van der Waals surface area (Å²) in [5.41, 5.74) is 0.554. The number of rotatable bonds is 2. The number of thioether (sulfide) groups is 1. The zero-order valence-corrected chi connectivity index (χ0v) is 9.68. The Kier molecular flexibility index (Phi) is 2.84. The molecule has 0 spiro atoms. The lowest BCUT2D eigenvalue weighted by Gasteiger charge is -2.21. The minimum absolute atomic E-state index is 0.554. The van der Waals surface area contributed by atoms with Crippen LogP contribution in [0.4, 0.5) is 0 Å². The number of fused-ring (bicyclic) bond motifs is 1. The van der Waals surface area contributed by atoms with E-state index in [2.05, 4.69) is 0 Å². The topological polar surface area (TPSA) is 9.23 Å². The van der Waals surface area contributed by atoms with E-state index in [4.69, 9.17) is 17.0 Å². The van der Waals surface area contributed by atoms with E-state index in [1.54, 1.807) is 0 Å².